The first-order valence-electron chi connectivity index (χ1n) is 18.9. The van der Waals surface area contributed by atoms with Gasteiger partial charge in [-0.25, -0.2) is 8.42 Å². The number of carbonyl (C=O) groups is 3. The maximum absolute atomic E-state index is 14.6. The van der Waals surface area contributed by atoms with Gasteiger partial charge in [-0.2, -0.15) is 18.2 Å². The first-order chi connectivity index (χ1) is 26.0. The van der Waals surface area contributed by atoms with Crippen LogP contribution < -0.4 is 20.1 Å². The number of nitrogens with one attached hydrogen (secondary N) is 3. The summed E-state index contributed by atoms with van der Waals surface area (Å²) in [7, 11) is -4.02. The van der Waals surface area contributed by atoms with Gasteiger partial charge in [0, 0.05) is 24.1 Å². The van der Waals surface area contributed by atoms with Gasteiger partial charge in [-0.15, -0.1) is 0 Å². The highest BCUT2D eigenvalue weighted by atomic mass is 32.2. The first-order valence-corrected chi connectivity index (χ1v) is 20.4. The Labute approximate surface area is 318 Å². The van der Waals surface area contributed by atoms with Crippen LogP contribution in [0.2, 0.25) is 0 Å². The highest BCUT2D eigenvalue weighted by molar-refractivity contribution is 7.91. The Morgan fingerprint density at radius 2 is 1.84 bits per heavy atom. The van der Waals surface area contributed by atoms with Gasteiger partial charge in [0.2, 0.25) is 21.8 Å². The number of ether oxygens (including phenoxy) is 1. The number of anilines is 1. The smallest absolute Gasteiger partial charge is 0.416 e. The minimum atomic E-state index is -4.59. The molecule has 7 rings (SSSR count). The lowest BCUT2D eigenvalue weighted by molar-refractivity contribution is -0.140. The van der Waals surface area contributed by atoms with Crippen LogP contribution in [-0.4, -0.2) is 75.6 Å². The second-order valence-electron chi connectivity index (χ2n) is 15.8. The fourth-order valence-electron chi connectivity index (χ4n) is 7.69. The Morgan fingerprint density at radius 1 is 1.07 bits per heavy atom. The summed E-state index contributed by atoms with van der Waals surface area (Å²) in [6, 6.07) is 10.3. The molecule has 3 amide bonds. The molecule has 5 atom stereocenters. The molecule has 1 saturated heterocycles. The quantitative estimate of drug-likeness (QED) is 0.241. The number of sulfonamides is 1. The third-order valence-electron chi connectivity index (χ3n) is 11.4. The number of rotatable bonds is 8. The average Bonchev–Trinajstić information content (AvgIpc) is 3.95. The van der Waals surface area contributed by atoms with E-state index >= 15 is 0 Å². The molecule has 3 N–H and O–H groups in total. The predicted octanol–water partition coefficient (Wildman–Crippen LogP) is 5.86. The Balaban J connectivity index is 1.22. The molecule has 4 aliphatic rings. The lowest BCUT2D eigenvalue weighted by Crippen LogP contribution is -2.58. The van der Waals surface area contributed by atoms with Crippen LogP contribution >= 0.6 is 0 Å². The number of fused-ring (bicyclic) bond motifs is 3. The molecule has 0 bridgehead atoms. The summed E-state index contributed by atoms with van der Waals surface area (Å²) in [5.74, 6) is -2.47. The Kier molecular flexibility index (Phi) is 10.2. The molecule has 3 fully saturated rings. The van der Waals surface area contributed by atoms with Gasteiger partial charge in [-0.1, -0.05) is 43.2 Å². The van der Waals surface area contributed by atoms with E-state index in [1.165, 1.54) is 17.0 Å². The SMILES string of the molecule is CC(C)n1c(O[C@@H]2C[C@H]3C(=O)N[C@]4(C(=O)NS(=O)(=O)C5(C)CC5)C[C@H]4/C=C\CCCCC[C@H](Nc4cccc(C(F)(F)F)c4)C(=O)N3C2)nc2ccccc21. The van der Waals surface area contributed by atoms with Crippen molar-refractivity contribution in [1.29, 1.82) is 0 Å². The molecule has 3 heterocycles. The fraction of sp³-hybridized carbons (Fsp3) is 0.538. The lowest BCUT2D eigenvalue weighted by atomic mass is 10.0. The second-order valence-corrected chi connectivity index (χ2v) is 18.0. The van der Waals surface area contributed by atoms with Gasteiger partial charge in [-0.05, 0) is 89.6 Å². The molecule has 296 valence electrons. The highest BCUT2D eigenvalue weighted by Gasteiger charge is 2.63. The number of carbonyl (C=O) groups excluding carboxylic acids is 3. The molecule has 0 unspecified atom stereocenters. The van der Waals surface area contributed by atoms with Gasteiger partial charge in [0.05, 0.1) is 27.9 Å². The summed E-state index contributed by atoms with van der Waals surface area (Å²) in [5.41, 5.74) is -0.769. The zero-order valence-electron chi connectivity index (χ0n) is 31.1. The monoisotopic (exact) mass is 784 g/mol. The maximum Gasteiger partial charge on any atom is 0.416 e. The summed E-state index contributed by atoms with van der Waals surface area (Å²) in [4.78, 5) is 49.0. The zero-order valence-corrected chi connectivity index (χ0v) is 31.9. The fourth-order valence-corrected chi connectivity index (χ4v) is 9.00. The Morgan fingerprint density at radius 3 is 2.56 bits per heavy atom. The molecule has 2 saturated carbocycles. The van der Waals surface area contributed by atoms with Crippen molar-refractivity contribution in [2.45, 2.75) is 119 Å². The number of alkyl halides is 3. The number of imidazole rings is 1. The minimum absolute atomic E-state index is 0.0176. The maximum atomic E-state index is 14.6. The van der Waals surface area contributed by atoms with E-state index in [2.05, 4.69) is 15.4 Å². The van der Waals surface area contributed by atoms with Crippen molar-refractivity contribution < 1.29 is 40.7 Å². The summed E-state index contributed by atoms with van der Waals surface area (Å²) in [6.45, 7) is 5.48. The molecule has 55 heavy (non-hydrogen) atoms. The van der Waals surface area contributed by atoms with E-state index in [1.54, 1.807) is 6.92 Å². The third-order valence-corrected chi connectivity index (χ3v) is 13.5. The standard InChI is InChI=1S/C39H47F3N6O6S/c1-24(2)48-31-17-10-9-15-29(31)44-36(48)54-28-21-32-33(49)45-38(35(51)46-55(52,53)37(3)18-19-37)22-26(38)12-7-5-4-6-8-16-30(34(50)47(32)23-28)43-27-14-11-13-25(20-27)39(40,41)42/h7,9-15,17,20,24,26,28,30,32,43H,4-6,8,16,18-19,21-23H2,1-3H3,(H,45,49)(H,46,51)/b12-7-/t26-,28-,30+,32+,38-/m1/s1. The van der Waals surface area contributed by atoms with E-state index in [-0.39, 0.29) is 37.5 Å². The number of para-hydroxylation sites is 2. The van der Waals surface area contributed by atoms with Crippen molar-refractivity contribution in [1.82, 2.24) is 24.5 Å². The molecule has 0 spiro atoms. The van der Waals surface area contributed by atoms with Crippen LogP contribution in [0.25, 0.3) is 11.0 Å². The predicted molar refractivity (Wildman–Crippen MR) is 199 cm³/mol. The van der Waals surface area contributed by atoms with Gasteiger partial charge in [0.25, 0.3) is 11.9 Å². The normalized spacial score (nSPS) is 27.7. The van der Waals surface area contributed by atoms with E-state index in [1.807, 2.05) is 54.8 Å². The molecule has 2 aliphatic heterocycles. The van der Waals surface area contributed by atoms with Crippen LogP contribution in [-0.2, 0) is 30.6 Å². The Bertz CT molecular complexity index is 2110. The molecule has 12 nitrogen and oxygen atoms in total. The van der Waals surface area contributed by atoms with Crippen LogP contribution in [0.5, 0.6) is 6.01 Å². The van der Waals surface area contributed by atoms with Gasteiger partial charge in [0.1, 0.15) is 23.7 Å². The van der Waals surface area contributed by atoms with Crippen LogP contribution in [0.3, 0.4) is 0 Å². The van der Waals surface area contributed by atoms with E-state index in [4.69, 9.17) is 9.72 Å². The van der Waals surface area contributed by atoms with E-state index in [0.29, 0.717) is 43.6 Å². The van der Waals surface area contributed by atoms with Gasteiger partial charge < -0.3 is 20.3 Å². The second kappa shape index (κ2) is 14.5. The van der Waals surface area contributed by atoms with E-state index < -0.39 is 73.9 Å². The molecule has 0 radical (unpaired) electrons. The molecule has 2 aliphatic carbocycles. The Hall–Kier alpha value is -4.60. The molecule has 2 aromatic carbocycles. The summed E-state index contributed by atoms with van der Waals surface area (Å²) in [6.07, 6.45) is 2.41. The third kappa shape index (κ3) is 7.79. The van der Waals surface area contributed by atoms with Crippen LogP contribution in [0.15, 0.2) is 60.7 Å². The summed E-state index contributed by atoms with van der Waals surface area (Å²) < 4.78 is 76.8. The number of aromatic nitrogens is 2. The number of hydrogen-bond acceptors (Lipinski definition) is 8. The van der Waals surface area contributed by atoms with Gasteiger partial charge in [-0.3, -0.25) is 23.7 Å². The molecular formula is C39H47F3N6O6S. The first kappa shape index (κ1) is 38.7. The number of hydrogen-bond donors (Lipinski definition) is 3. The molecule has 3 aromatic rings. The van der Waals surface area contributed by atoms with Crippen LogP contribution in [0.1, 0.15) is 90.2 Å². The van der Waals surface area contributed by atoms with E-state index in [0.717, 1.165) is 24.1 Å². The van der Waals surface area contributed by atoms with Crippen LogP contribution in [0.4, 0.5) is 18.9 Å². The van der Waals surface area contributed by atoms with Crippen molar-refractivity contribution in [3.8, 4) is 6.01 Å². The van der Waals surface area contributed by atoms with Crippen molar-refractivity contribution in [3.05, 3.63) is 66.2 Å². The number of benzene rings is 2. The van der Waals surface area contributed by atoms with Crippen molar-refractivity contribution in [2.24, 2.45) is 5.92 Å². The van der Waals surface area contributed by atoms with Crippen molar-refractivity contribution >= 4 is 44.5 Å². The zero-order chi connectivity index (χ0) is 39.3. The van der Waals surface area contributed by atoms with Gasteiger partial charge >= 0.3 is 6.18 Å². The lowest BCUT2D eigenvalue weighted by Gasteiger charge is -2.30. The van der Waals surface area contributed by atoms with Crippen molar-refractivity contribution in [3.63, 3.8) is 0 Å². The molecule has 16 heteroatoms. The summed E-state index contributed by atoms with van der Waals surface area (Å²) >= 11 is 0. The van der Waals surface area contributed by atoms with Gasteiger partial charge in [0.15, 0.2) is 0 Å². The number of halogens is 3. The molecular weight excluding hydrogens is 738 g/mol. The number of nitrogens with zero attached hydrogens (tertiary/aromatic N) is 3. The summed E-state index contributed by atoms with van der Waals surface area (Å²) in [5, 5.41) is 5.90. The number of amides is 3. The minimum Gasteiger partial charge on any atom is -0.459 e. The van der Waals surface area contributed by atoms with Crippen LogP contribution in [0, 0.1) is 5.92 Å². The van der Waals surface area contributed by atoms with E-state index in [9.17, 15) is 36.0 Å². The largest absolute Gasteiger partial charge is 0.459 e. The molecule has 1 aromatic heterocycles. The van der Waals surface area contributed by atoms with Crippen molar-refractivity contribution in [2.75, 3.05) is 11.9 Å². The average molecular weight is 785 g/mol. The highest BCUT2D eigenvalue weighted by Crippen LogP contribution is 2.47. The topological polar surface area (TPSA) is 152 Å². The number of allylic oxidation sites excluding steroid dienone is 1.